The first-order valence-electron chi connectivity index (χ1n) is 6.39. The normalized spacial score (nSPS) is 34.2. The van der Waals surface area contributed by atoms with E-state index in [1.807, 2.05) is 11.8 Å². The first kappa shape index (κ1) is 11.9. The molecule has 2 rings (SSSR count). The zero-order valence-electron chi connectivity index (χ0n) is 10.2. The summed E-state index contributed by atoms with van der Waals surface area (Å²) in [7, 11) is 0. The van der Waals surface area contributed by atoms with Crippen LogP contribution >= 0.6 is 0 Å². The summed E-state index contributed by atoms with van der Waals surface area (Å²) in [6.07, 6.45) is 3.03. The fourth-order valence-corrected chi connectivity index (χ4v) is 2.67. The summed E-state index contributed by atoms with van der Waals surface area (Å²) < 4.78 is 5.65. The summed E-state index contributed by atoms with van der Waals surface area (Å²) in [5.74, 6) is 0.195. The molecule has 4 nitrogen and oxygen atoms in total. The van der Waals surface area contributed by atoms with Crippen molar-refractivity contribution in [1.82, 2.24) is 10.2 Å². The Kier molecular flexibility index (Phi) is 3.82. The predicted octanol–water partition coefficient (Wildman–Crippen LogP) is 0.764. The number of amides is 1. The van der Waals surface area contributed by atoms with Crippen molar-refractivity contribution in [1.29, 1.82) is 0 Å². The van der Waals surface area contributed by atoms with E-state index in [0.717, 1.165) is 38.9 Å². The van der Waals surface area contributed by atoms with Crippen molar-refractivity contribution in [2.45, 2.75) is 51.4 Å². The first-order chi connectivity index (χ1) is 7.72. The summed E-state index contributed by atoms with van der Waals surface area (Å²) in [5, 5.41) is 3.31. The Balaban J connectivity index is 1.95. The van der Waals surface area contributed by atoms with Gasteiger partial charge in [0.1, 0.15) is 6.10 Å². The average Bonchev–Trinajstić information content (AvgIpc) is 2.90. The van der Waals surface area contributed by atoms with Crippen LogP contribution in [0.4, 0.5) is 0 Å². The van der Waals surface area contributed by atoms with Crippen LogP contribution < -0.4 is 5.32 Å². The monoisotopic (exact) mass is 226 g/mol. The van der Waals surface area contributed by atoms with E-state index in [1.165, 1.54) is 0 Å². The van der Waals surface area contributed by atoms with Crippen molar-refractivity contribution in [3.63, 3.8) is 0 Å². The summed E-state index contributed by atoms with van der Waals surface area (Å²) in [5.41, 5.74) is 0. The number of carbonyl (C=O) groups is 1. The number of likely N-dealkylation sites (N-methyl/N-ethyl adjacent to an activating group) is 1. The average molecular weight is 226 g/mol. The summed E-state index contributed by atoms with van der Waals surface area (Å²) >= 11 is 0. The van der Waals surface area contributed by atoms with E-state index in [9.17, 15) is 4.79 Å². The second kappa shape index (κ2) is 5.15. The summed E-state index contributed by atoms with van der Waals surface area (Å²) in [6, 6.07) is 0.372. The molecule has 92 valence electrons. The third-order valence-corrected chi connectivity index (χ3v) is 3.61. The van der Waals surface area contributed by atoms with Gasteiger partial charge in [0.05, 0.1) is 6.10 Å². The summed E-state index contributed by atoms with van der Waals surface area (Å²) in [6.45, 7) is 6.84. The minimum absolute atomic E-state index is 0.185. The Hall–Kier alpha value is -0.610. The molecule has 0 bridgehead atoms. The van der Waals surface area contributed by atoms with Crippen LogP contribution in [0.2, 0.25) is 0 Å². The molecule has 2 aliphatic heterocycles. The minimum atomic E-state index is -0.185. The molecule has 0 aromatic carbocycles. The highest BCUT2D eigenvalue weighted by molar-refractivity contribution is 5.81. The number of nitrogens with one attached hydrogen (secondary N) is 1. The van der Waals surface area contributed by atoms with Gasteiger partial charge < -0.3 is 15.0 Å². The van der Waals surface area contributed by atoms with Crippen LogP contribution in [0.1, 0.15) is 33.1 Å². The molecule has 2 heterocycles. The zero-order valence-corrected chi connectivity index (χ0v) is 10.2. The van der Waals surface area contributed by atoms with E-state index in [0.29, 0.717) is 6.04 Å². The molecule has 0 spiro atoms. The highest BCUT2D eigenvalue weighted by atomic mass is 16.5. The van der Waals surface area contributed by atoms with E-state index >= 15 is 0 Å². The lowest BCUT2D eigenvalue weighted by Gasteiger charge is -2.29. The second-order valence-electron chi connectivity index (χ2n) is 4.78. The van der Waals surface area contributed by atoms with E-state index < -0.39 is 0 Å². The van der Waals surface area contributed by atoms with Crippen molar-refractivity contribution >= 4 is 5.91 Å². The first-order valence-corrected chi connectivity index (χ1v) is 6.39. The molecule has 2 fully saturated rings. The maximum Gasteiger partial charge on any atom is 0.251 e. The van der Waals surface area contributed by atoms with Gasteiger partial charge >= 0.3 is 0 Å². The van der Waals surface area contributed by atoms with Crippen molar-refractivity contribution in [2.75, 3.05) is 19.6 Å². The van der Waals surface area contributed by atoms with Crippen molar-refractivity contribution in [2.24, 2.45) is 0 Å². The maximum atomic E-state index is 12.3. The number of hydrogen-bond donors (Lipinski definition) is 1. The maximum absolute atomic E-state index is 12.3. The quantitative estimate of drug-likeness (QED) is 0.772. The fourth-order valence-electron chi connectivity index (χ4n) is 2.67. The molecule has 3 unspecified atom stereocenters. The van der Waals surface area contributed by atoms with E-state index in [-0.39, 0.29) is 18.1 Å². The Morgan fingerprint density at radius 3 is 2.75 bits per heavy atom. The van der Waals surface area contributed by atoms with Crippen molar-refractivity contribution < 1.29 is 9.53 Å². The largest absolute Gasteiger partial charge is 0.365 e. The van der Waals surface area contributed by atoms with Gasteiger partial charge in [0, 0.05) is 19.1 Å². The van der Waals surface area contributed by atoms with Crippen LogP contribution in [-0.4, -0.2) is 48.7 Å². The lowest BCUT2D eigenvalue weighted by atomic mass is 10.1. The van der Waals surface area contributed by atoms with Crippen LogP contribution in [0.3, 0.4) is 0 Å². The molecule has 0 radical (unpaired) electrons. The number of nitrogens with zero attached hydrogens (tertiary/aromatic N) is 1. The summed E-state index contributed by atoms with van der Waals surface area (Å²) in [4.78, 5) is 14.3. The SMILES string of the molecule is CCN(C(=O)C1CCC(C)O1)C1CCNC1. The van der Waals surface area contributed by atoms with Crippen LogP contribution in [0.25, 0.3) is 0 Å². The Bertz CT molecular complexity index is 251. The van der Waals surface area contributed by atoms with E-state index in [1.54, 1.807) is 0 Å². The fraction of sp³-hybridized carbons (Fsp3) is 0.917. The molecular formula is C12H22N2O2. The molecule has 0 aromatic heterocycles. The number of carbonyl (C=O) groups excluding carboxylic acids is 1. The molecule has 2 aliphatic rings. The van der Waals surface area contributed by atoms with Crippen LogP contribution in [0.5, 0.6) is 0 Å². The number of hydrogen-bond acceptors (Lipinski definition) is 3. The number of ether oxygens (including phenoxy) is 1. The number of rotatable bonds is 3. The van der Waals surface area contributed by atoms with Crippen LogP contribution in [0.15, 0.2) is 0 Å². The molecule has 0 aliphatic carbocycles. The molecule has 2 saturated heterocycles. The van der Waals surface area contributed by atoms with Gasteiger partial charge in [0.25, 0.3) is 5.91 Å². The molecular weight excluding hydrogens is 204 g/mol. The smallest absolute Gasteiger partial charge is 0.251 e. The van der Waals surface area contributed by atoms with Gasteiger partial charge in [0.15, 0.2) is 0 Å². The van der Waals surface area contributed by atoms with Gasteiger partial charge in [-0.25, -0.2) is 0 Å². The third kappa shape index (κ3) is 2.38. The Morgan fingerprint density at radius 1 is 1.44 bits per heavy atom. The van der Waals surface area contributed by atoms with E-state index in [4.69, 9.17) is 4.74 Å². The molecule has 1 N–H and O–H groups in total. The minimum Gasteiger partial charge on any atom is -0.365 e. The van der Waals surface area contributed by atoms with Crippen molar-refractivity contribution in [3.05, 3.63) is 0 Å². The second-order valence-corrected chi connectivity index (χ2v) is 4.78. The van der Waals surface area contributed by atoms with Gasteiger partial charge in [-0.1, -0.05) is 0 Å². The highest BCUT2D eigenvalue weighted by Gasteiger charge is 2.34. The Labute approximate surface area is 97.3 Å². The molecule has 4 heteroatoms. The zero-order chi connectivity index (χ0) is 11.5. The van der Waals surface area contributed by atoms with Crippen LogP contribution in [-0.2, 0) is 9.53 Å². The van der Waals surface area contributed by atoms with E-state index in [2.05, 4.69) is 12.2 Å². The van der Waals surface area contributed by atoms with Gasteiger partial charge in [-0.2, -0.15) is 0 Å². The third-order valence-electron chi connectivity index (χ3n) is 3.61. The highest BCUT2D eigenvalue weighted by Crippen LogP contribution is 2.22. The molecule has 0 aromatic rings. The molecule has 3 atom stereocenters. The predicted molar refractivity (Wildman–Crippen MR) is 62.2 cm³/mol. The van der Waals surface area contributed by atoms with Gasteiger partial charge in [-0.3, -0.25) is 4.79 Å². The standard InChI is InChI=1S/C12H22N2O2/c1-3-14(10-6-7-13-8-10)12(15)11-5-4-9(2)16-11/h9-11,13H,3-8H2,1-2H3. The van der Waals surface area contributed by atoms with Crippen LogP contribution in [0, 0.1) is 0 Å². The van der Waals surface area contributed by atoms with Gasteiger partial charge in [-0.05, 0) is 39.7 Å². The lowest BCUT2D eigenvalue weighted by Crippen LogP contribution is -2.46. The Morgan fingerprint density at radius 2 is 2.25 bits per heavy atom. The van der Waals surface area contributed by atoms with Gasteiger partial charge in [0.2, 0.25) is 0 Å². The van der Waals surface area contributed by atoms with Gasteiger partial charge in [-0.15, -0.1) is 0 Å². The molecule has 1 amide bonds. The molecule has 0 saturated carbocycles. The lowest BCUT2D eigenvalue weighted by molar-refractivity contribution is -0.144. The van der Waals surface area contributed by atoms with Crippen molar-refractivity contribution in [3.8, 4) is 0 Å². The molecule has 16 heavy (non-hydrogen) atoms. The topological polar surface area (TPSA) is 41.6 Å².